The lowest BCUT2D eigenvalue weighted by molar-refractivity contribution is 0.122. The van der Waals surface area contributed by atoms with Gasteiger partial charge in [0.2, 0.25) is 0 Å². The van der Waals surface area contributed by atoms with Crippen LogP contribution in [0.15, 0.2) is 59.1 Å². The lowest BCUT2D eigenvalue weighted by Gasteiger charge is -2.28. The number of ether oxygens (including phenoxy) is 1. The van der Waals surface area contributed by atoms with E-state index in [0.717, 1.165) is 44.1 Å². The molecule has 1 saturated heterocycles. The van der Waals surface area contributed by atoms with Gasteiger partial charge in [0.15, 0.2) is 5.82 Å². The number of hydrogen-bond acceptors (Lipinski definition) is 5. The van der Waals surface area contributed by atoms with Gasteiger partial charge in [-0.15, -0.1) is 0 Å². The van der Waals surface area contributed by atoms with Gasteiger partial charge in [0.05, 0.1) is 13.2 Å². The molecule has 5 heteroatoms. The highest BCUT2D eigenvalue weighted by Crippen LogP contribution is 2.53. The van der Waals surface area contributed by atoms with Gasteiger partial charge in [0.25, 0.3) is 5.89 Å². The van der Waals surface area contributed by atoms with Crippen LogP contribution in [0.1, 0.15) is 29.6 Å². The van der Waals surface area contributed by atoms with E-state index in [-0.39, 0.29) is 0 Å². The number of benzene rings is 2. The number of morpholine rings is 1. The number of aromatic nitrogens is 2. The average Bonchev–Trinajstić information content (AvgIpc) is 3.38. The maximum absolute atomic E-state index is 5.53. The van der Waals surface area contributed by atoms with Crippen LogP contribution >= 0.6 is 0 Å². The summed E-state index contributed by atoms with van der Waals surface area (Å²) in [6.45, 7) is 3.46. The largest absolute Gasteiger partial charge is 0.378 e. The van der Waals surface area contributed by atoms with E-state index in [1.54, 1.807) is 0 Å². The van der Waals surface area contributed by atoms with Gasteiger partial charge in [-0.2, -0.15) is 4.98 Å². The first-order valence-corrected chi connectivity index (χ1v) is 9.20. The zero-order valence-corrected chi connectivity index (χ0v) is 14.5. The minimum atomic E-state index is 0.377. The van der Waals surface area contributed by atoms with E-state index in [4.69, 9.17) is 9.26 Å². The zero-order chi connectivity index (χ0) is 17.3. The molecule has 0 spiro atoms. The van der Waals surface area contributed by atoms with Crippen LogP contribution in [0.25, 0.3) is 11.5 Å². The van der Waals surface area contributed by atoms with Crippen molar-refractivity contribution in [1.29, 1.82) is 0 Å². The van der Waals surface area contributed by atoms with Gasteiger partial charge >= 0.3 is 0 Å². The van der Waals surface area contributed by atoms with Crippen molar-refractivity contribution in [1.82, 2.24) is 10.1 Å². The zero-order valence-electron chi connectivity index (χ0n) is 14.5. The van der Waals surface area contributed by atoms with Crippen LogP contribution in [0.2, 0.25) is 0 Å². The Bertz CT molecular complexity index is 870. The summed E-state index contributed by atoms with van der Waals surface area (Å²) in [5.41, 5.74) is 3.54. The number of rotatable bonds is 4. The second-order valence-corrected chi connectivity index (χ2v) is 6.96. The van der Waals surface area contributed by atoms with Crippen molar-refractivity contribution in [2.75, 3.05) is 31.2 Å². The highest BCUT2D eigenvalue weighted by atomic mass is 16.5. The summed E-state index contributed by atoms with van der Waals surface area (Å²) < 4.78 is 10.9. The van der Waals surface area contributed by atoms with E-state index in [1.165, 1.54) is 11.3 Å². The topological polar surface area (TPSA) is 51.4 Å². The number of nitrogens with zero attached hydrogens (tertiary/aromatic N) is 3. The molecule has 0 N–H and O–H groups in total. The first-order valence-electron chi connectivity index (χ1n) is 9.20. The summed E-state index contributed by atoms with van der Waals surface area (Å²) in [5, 5.41) is 4.23. The van der Waals surface area contributed by atoms with Crippen LogP contribution < -0.4 is 4.90 Å². The molecule has 26 heavy (non-hydrogen) atoms. The molecule has 132 valence electrons. The van der Waals surface area contributed by atoms with Crippen molar-refractivity contribution in [2.45, 2.75) is 18.3 Å². The second kappa shape index (κ2) is 6.57. The lowest BCUT2D eigenvalue weighted by atomic mass is 10.1. The third-order valence-corrected chi connectivity index (χ3v) is 5.28. The fourth-order valence-electron chi connectivity index (χ4n) is 3.69. The second-order valence-electron chi connectivity index (χ2n) is 6.96. The van der Waals surface area contributed by atoms with Gasteiger partial charge in [0.1, 0.15) is 0 Å². The number of anilines is 1. The smallest absolute Gasteiger partial charge is 0.257 e. The number of hydrogen-bond donors (Lipinski definition) is 0. The molecule has 1 saturated carbocycles. The van der Waals surface area contributed by atoms with Crippen molar-refractivity contribution in [3.63, 3.8) is 0 Å². The van der Waals surface area contributed by atoms with Gasteiger partial charge in [-0.1, -0.05) is 35.5 Å². The average molecular weight is 347 g/mol. The molecule has 0 radical (unpaired) electrons. The Hall–Kier alpha value is -2.66. The third-order valence-electron chi connectivity index (χ3n) is 5.28. The van der Waals surface area contributed by atoms with Gasteiger partial charge in [0, 0.05) is 30.3 Å². The van der Waals surface area contributed by atoms with Crippen LogP contribution in [0.5, 0.6) is 0 Å². The van der Waals surface area contributed by atoms with E-state index < -0.39 is 0 Å². The molecule has 2 atom stereocenters. The molecule has 2 heterocycles. The molecule has 1 aliphatic carbocycles. The highest BCUT2D eigenvalue weighted by Gasteiger charge is 2.42. The van der Waals surface area contributed by atoms with Gasteiger partial charge in [-0.3, -0.25) is 0 Å². The van der Waals surface area contributed by atoms with Crippen molar-refractivity contribution >= 4 is 5.69 Å². The molecular weight excluding hydrogens is 326 g/mol. The van der Waals surface area contributed by atoms with Crippen LogP contribution in [-0.4, -0.2) is 36.4 Å². The molecule has 1 aliphatic heterocycles. The fraction of sp³-hybridized carbons (Fsp3) is 0.333. The SMILES string of the molecule is c1ccc([C@H]2C[C@@H]2c2noc(-c3ccc(N4CCOCC4)cc3)n2)cc1. The summed E-state index contributed by atoms with van der Waals surface area (Å²) in [5.74, 6) is 2.33. The molecule has 1 aromatic heterocycles. The molecule has 0 amide bonds. The molecule has 2 fully saturated rings. The van der Waals surface area contributed by atoms with E-state index in [0.29, 0.717) is 17.7 Å². The van der Waals surface area contributed by atoms with Gasteiger partial charge in [-0.05, 0) is 42.2 Å². The van der Waals surface area contributed by atoms with E-state index in [1.807, 2.05) is 6.07 Å². The van der Waals surface area contributed by atoms with E-state index in [2.05, 4.69) is 63.6 Å². The lowest BCUT2D eigenvalue weighted by Crippen LogP contribution is -2.36. The molecule has 2 aliphatic rings. The Labute approximate surface area is 152 Å². The van der Waals surface area contributed by atoms with E-state index >= 15 is 0 Å². The molecule has 0 bridgehead atoms. The first-order chi connectivity index (χ1) is 12.9. The predicted octanol–water partition coefficient (Wildman–Crippen LogP) is 3.84. The molecule has 0 unspecified atom stereocenters. The molecule has 3 aromatic rings. The monoisotopic (exact) mass is 347 g/mol. The third kappa shape index (κ3) is 2.99. The van der Waals surface area contributed by atoms with Gasteiger partial charge < -0.3 is 14.2 Å². The predicted molar refractivity (Wildman–Crippen MR) is 99.3 cm³/mol. The molecular formula is C21H21N3O2. The molecule has 5 rings (SSSR count). The standard InChI is InChI=1S/C21H21N3O2/c1-2-4-15(5-3-1)18-14-19(18)20-22-21(26-23-20)16-6-8-17(9-7-16)24-10-12-25-13-11-24/h1-9,18-19H,10-14H2/t18-,19+/m1/s1. The first kappa shape index (κ1) is 15.6. The Kier molecular flexibility index (Phi) is 3.94. The summed E-state index contributed by atoms with van der Waals surface area (Å²) >= 11 is 0. The Morgan fingerprint density at radius 2 is 1.65 bits per heavy atom. The fourth-order valence-corrected chi connectivity index (χ4v) is 3.69. The van der Waals surface area contributed by atoms with Crippen molar-refractivity contribution in [3.8, 4) is 11.5 Å². The van der Waals surface area contributed by atoms with Crippen molar-refractivity contribution < 1.29 is 9.26 Å². The Morgan fingerprint density at radius 3 is 2.42 bits per heavy atom. The van der Waals surface area contributed by atoms with Crippen molar-refractivity contribution in [3.05, 3.63) is 66.0 Å². The van der Waals surface area contributed by atoms with Gasteiger partial charge in [-0.25, -0.2) is 0 Å². The Morgan fingerprint density at radius 1 is 0.885 bits per heavy atom. The quantitative estimate of drug-likeness (QED) is 0.718. The normalized spacial score (nSPS) is 22.4. The van der Waals surface area contributed by atoms with Crippen LogP contribution in [0.3, 0.4) is 0 Å². The molecule has 5 nitrogen and oxygen atoms in total. The maximum Gasteiger partial charge on any atom is 0.257 e. The van der Waals surface area contributed by atoms with E-state index in [9.17, 15) is 0 Å². The summed E-state index contributed by atoms with van der Waals surface area (Å²) in [7, 11) is 0. The Balaban J connectivity index is 1.30. The van der Waals surface area contributed by atoms with Crippen LogP contribution in [0.4, 0.5) is 5.69 Å². The van der Waals surface area contributed by atoms with Crippen LogP contribution in [0, 0.1) is 0 Å². The minimum absolute atomic E-state index is 0.377. The van der Waals surface area contributed by atoms with Crippen molar-refractivity contribution in [2.24, 2.45) is 0 Å². The summed E-state index contributed by atoms with van der Waals surface area (Å²) in [6.07, 6.45) is 1.10. The summed E-state index contributed by atoms with van der Waals surface area (Å²) in [4.78, 5) is 6.98. The van der Waals surface area contributed by atoms with Crippen LogP contribution in [-0.2, 0) is 4.74 Å². The minimum Gasteiger partial charge on any atom is -0.378 e. The molecule has 2 aromatic carbocycles. The summed E-state index contributed by atoms with van der Waals surface area (Å²) in [6, 6.07) is 18.9. The maximum atomic E-state index is 5.53. The highest BCUT2D eigenvalue weighted by molar-refractivity contribution is 5.59.